The average molecular weight is 322 g/mol. The first-order chi connectivity index (χ1) is 12.4. The molecule has 5 rings (SSSR count). The molecule has 3 aromatic carbocycles. The zero-order valence-corrected chi connectivity index (χ0v) is 13.9. The van der Waals surface area contributed by atoms with E-state index in [-0.39, 0.29) is 0 Å². The molecule has 0 N–H and O–H groups in total. The summed E-state index contributed by atoms with van der Waals surface area (Å²) >= 11 is 0. The second kappa shape index (κ2) is 5.75. The lowest BCUT2D eigenvalue weighted by molar-refractivity contribution is 1.00. The summed E-state index contributed by atoms with van der Waals surface area (Å²) in [6.07, 6.45) is 1.09. The van der Waals surface area contributed by atoms with Crippen LogP contribution in [-0.4, -0.2) is 11.5 Å². The zero-order valence-electron chi connectivity index (χ0n) is 13.9. The highest BCUT2D eigenvalue weighted by Gasteiger charge is 2.22. The van der Waals surface area contributed by atoms with E-state index in [0.29, 0.717) is 0 Å². The van der Waals surface area contributed by atoms with Crippen LogP contribution >= 0.6 is 0 Å². The van der Waals surface area contributed by atoms with Crippen molar-refractivity contribution < 1.29 is 0 Å². The number of aromatic nitrogens is 1. The lowest BCUT2D eigenvalue weighted by atomic mass is 10.1. The molecule has 0 bridgehead atoms. The van der Waals surface area contributed by atoms with Crippen LogP contribution < -0.4 is 4.90 Å². The maximum Gasteiger partial charge on any atom is 0.0730 e. The third-order valence-electron chi connectivity index (χ3n) is 4.94. The molecule has 1 aromatic heterocycles. The Kier molecular flexibility index (Phi) is 3.27. The van der Waals surface area contributed by atoms with Crippen LogP contribution in [0, 0.1) is 0 Å². The van der Waals surface area contributed by atoms with Crippen LogP contribution in [0.4, 0.5) is 11.4 Å². The standard InChI is InChI=1S/C23H18N2/c1-2-8-17(9-3-1)21-16-23(19-11-5-6-12-20(19)24-21)25-15-14-18-10-4-7-13-22(18)25/h1-13,16H,14-15H2. The van der Waals surface area contributed by atoms with Gasteiger partial charge >= 0.3 is 0 Å². The zero-order chi connectivity index (χ0) is 16.6. The minimum Gasteiger partial charge on any atom is -0.340 e. The predicted octanol–water partition coefficient (Wildman–Crippen LogP) is 5.60. The van der Waals surface area contributed by atoms with Gasteiger partial charge in [0.2, 0.25) is 0 Å². The van der Waals surface area contributed by atoms with Crippen molar-refractivity contribution in [2.75, 3.05) is 11.4 Å². The Morgan fingerprint density at radius 1 is 0.720 bits per heavy atom. The molecule has 120 valence electrons. The van der Waals surface area contributed by atoms with E-state index in [1.54, 1.807) is 0 Å². The van der Waals surface area contributed by atoms with Gasteiger partial charge in [0, 0.05) is 23.2 Å². The van der Waals surface area contributed by atoms with E-state index in [9.17, 15) is 0 Å². The highest BCUT2D eigenvalue weighted by atomic mass is 15.2. The number of anilines is 2. The van der Waals surface area contributed by atoms with Crippen molar-refractivity contribution in [1.29, 1.82) is 0 Å². The number of para-hydroxylation sites is 2. The van der Waals surface area contributed by atoms with Gasteiger partial charge in [-0.1, -0.05) is 66.7 Å². The normalized spacial score (nSPS) is 13.2. The summed E-state index contributed by atoms with van der Waals surface area (Å²) in [6, 6.07) is 29.8. The van der Waals surface area contributed by atoms with E-state index in [4.69, 9.17) is 4.98 Å². The van der Waals surface area contributed by atoms with Crippen LogP contribution in [0.3, 0.4) is 0 Å². The highest BCUT2D eigenvalue weighted by molar-refractivity contribution is 5.96. The van der Waals surface area contributed by atoms with Gasteiger partial charge in [0.15, 0.2) is 0 Å². The molecule has 1 aliphatic heterocycles. The Morgan fingerprint density at radius 3 is 2.40 bits per heavy atom. The lowest BCUT2D eigenvalue weighted by Gasteiger charge is -2.22. The Bertz CT molecular complexity index is 1050. The van der Waals surface area contributed by atoms with E-state index in [1.807, 2.05) is 6.07 Å². The molecule has 1 aliphatic rings. The van der Waals surface area contributed by atoms with Crippen molar-refractivity contribution in [2.24, 2.45) is 0 Å². The minimum absolute atomic E-state index is 1.02. The second-order valence-corrected chi connectivity index (χ2v) is 6.44. The van der Waals surface area contributed by atoms with Crippen LogP contribution in [0.25, 0.3) is 22.2 Å². The van der Waals surface area contributed by atoms with E-state index in [1.165, 1.54) is 22.3 Å². The fourth-order valence-corrected chi connectivity index (χ4v) is 3.73. The van der Waals surface area contributed by atoms with Crippen molar-refractivity contribution in [3.05, 3.63) is 90.5 Å². The molecule has 2 nitrogen and oxygen atoms in total. The predicted molar refractivity (Wildman–Crippen MR) is 104 cm³/mol. The summed E-state index contributed by atoms with van der Waals surface area (Å²) in [4.78, 5) is 7.34. The molecular formula is C23H18N2. The van der Waals surface area contributed by atoms with E-state index < -0.39 is 0 Å². The molecule has 0 atom stereocenters. The Balaban J connectivity index is 1.75. The van der Waals surface area contributed by atoms with E-state index in [0.717, 1.165) is 29.7 Å². The third kappa shape index (κ3) is 2.38. The van der Waals surface area contributed by atoms with E-state index in [2.05, 4.69) is 83.8 Å². The Labute approximate surface area is 147 Å². The first kappa shape index (κ1) is 14.2. The monoisotopic (exact) mass is 322 g/mol. The number of benzene rings is 3. The molecule has 0 fully saturated rings. The Hall–Kier alpha value is -3.13. The summed E-state index contributed by atoms with van der Waals surface area (Å²) in [5, 5.41) is 1.21. The fourth-order valence-electron chi connectivity index (χ4n) is 3.73. The van der Waals surface area contributed by atoms with Crippen LogP contribution in [0.1, 0.15) is 5.56 Å². The molecule has 25 heavy (non-hydrogen) atoms. The largest absolute Gasteiger partial charge is 0.340 e. The van der Waals surface area contributed by atoms with Gasteiger partial charge in [-0.05, 0) is 30.2 Å². The molecule has 0 saturated heterocycles. The molecule has 0 radical (unpaired) electrons. The first-order valence-electron chi connectivity index (χ1n) is 8.71. The van der Waals surface area contributed by atoms with Crippen LogP contribution in [0.15, 0.2) is 84.9 Å². The summed E-state index contributed by atoms with van der Waals surface area (Å²) < 4.78 is 0. The summed E-state index contributed by atoms with van der Waals surface area (Å²) in [7, 11) is 0. The maximum atomic E-state index is 4.91. The van der Waals surface area contributed by atoms with Crippen molar-refractivity contribution >= 4 is 22.3 Å². The van der Waals surface area contributed by atoms with Crippen molar-refractivity contribution in [1.82, 2.24) is 4.98 Å². The van der Waals surface area contributed by atoms with Crippen molar-refractivity contribution in [3.63, 3.8) is 0 Å². The molecule has 0 saturated carbocycles. The van der Waals surface area contributed by atoms with Gasteiger partial charge < -0.3 is 4.90 Å². The molecular weight excluding hydrogens is 304 g/mol. The maximum absolute atomic E-state index is 4.91. The second-order valence-electron chi connectivity index (χ2n) is 6.44. The number of hydrogen-bond donors (Lipinski definition) is 0. The van der Waals surface area contributed by atoms with Crippen LogP contribution in [0.5, 0.6) is 0 Å². The molecule has 0 spiro atoms. The number of pyridine rings is 1. The van der Waals surface area contributed by atoms with Crippen molar-refractivity contribution in [2.45, 2.75) is 6.42 Å². The molecule has 0 aliphatic carbocycles. The first-order valence-corrected chi connectivity index (χ1v) is 8.71. The molecule has 0 unspecified atom stereocenters. The van der Waals surface area contributed by atoms with Gasteiger partial charge in [-0.25, -0.2) is 4.98 Å². The van der Waals surface area contributed by atoms with Crippen LogP contribution in [-0.2, 0) is 6.42 Å². The fraction of sp³-hybridized carbons (Fsp3) is 0.0870. The smallest absolute Gasteiger partial charge is 0.0730 e. The highest BCUT2D eigenvalue weighted by Crippen LogP contribution is 2.39. The number of nitrogens with zero attached hydrogens (tertiary/aromatic N) is 2. The van der Waals surface area contributed by atoms with Crippen molar-refractivity contribution in [3.8, 4) is 11.3 Å². The number of rotatable bonds is 2. The average Bonchev–Trinajstić information content (AvgIpc) is 3.12. The van der Waals surface area contributed by atoms with Gasteiger partial charge in [-0.15, -0.1) is 0 Å². The molecule has 2 heteroatoms. The van der Waals surface area contributed by atoms with Crippen LogP contribution in [0.2, 0.25) is 0 Å². The lowest BCUT2D eigenvalue weighted by Crippen LogP contribution is -2.14. The molecule has 2 heterocycles. The van der Waals surface area contributed by atoms with E-state index >= 15 is 0 Å². The number of fused-ring (bicyclic) bond motifs is 2. The molecule has 0 amide bonds. The van der Waals surface area contributed by atoms with Gasteiger partial charge in [0.25, 0.3) is 0 Å². The summed E-state index contributed by atoms with van der Waals surface area (Å²) in [5.41, 5.74) is 7.21. The van der Waals surface area contributed by atoms with Gasteiger partial charge in [0.05, 0.1) is 16.9 Å². The summed E-state index contributed by atoms with van der Waals surface area (Å²) in [5.74, 6) is 0. The topological polar surface area (TPSA) is 16.1 Å². The van der Waals surface area contributed by atoms with Gasteiger partial charge in [-0.2, -0.15) is 0 Å². The summed E-state index contributed by atoms with van der Waals surface area (Å²) in [6.45, 7) is 1.02. The van der Waals surface area contributed by atoms with Gasteiger partial charge in [0.1, 0.15) is 0 Å². The Morgan fingerprint density at radius 2 is 1.48 bits per heavy atom. The van der Waals surface area contributed by atoms with Gasteiger partial charge in [-0.3, -0.25) is 0 Å². The number of hydrogen-bond acceptors (Lipinski definition) is 2. The molecule has 4 aromatic rings. The minimum atomic E-state index is 1.02. The third-order valence-corrected chi connectivity index (χ3v) is 4.94. The SMILES string of the molecule is c1ccc(-c2cc(N3CCc4ccccc43)c3ccccc3n2)cc1. The quantitative estimate of drug-likeness (QED) is 0.478.